The fourth-order valence-electron chi connectivity index (χ4n) is 3.07. The molecule has 1 aliphatic carbocycles. The summed E-state index contributed by atoms with van der Waals surface area (Å²) in [4.78, 5) is 13.3. The van der Waals surface area contributed by atoms with Crippen molar-refractivity contribution in [3.8, 4) is 0 Å². The number of hydrogen-bond donors (Lipinski definition) is 1. The lowest BCUT2D eigenvalue weighted by Crippen LogP contribution is -2.41. The van der Waals surface area contributed by atoms with E-state index in [0.29, 0.717) is 12.2 Å². The number of tetrazole rings is 1. The van der Waals surface area contributed by atoms with E-state index < -0.39 is 11.4 Å². The van der Waals surface area contributed by atoms with Gasteiger partial charge in [-0.05, 0) is 35.6 Å². The van der Waals surface area contributed by atoms with Crippen LogP contribution in [0.4, 0.5) is 0 Å². The van der Waals surface area contributed by atoms with Crippen LogP contribution < -0.4 is 0 Å². The summed E-state index contributed by atoms with van der Waals surface area (Å²) in [5, 5.41) is 21.7. The smallest absolute Gasteiger partial charge is 0.314 e. The first-order chi connectivity index (χ1) is 9.62. The number of fused-ring (bicyclic) bond motifs is 1. The fraction of sp³-hybridized carbons (Fsp3) is 0.429. The van der Waals surface area contributed by atoms with Gasteiger partial charge in [0.05, 0.1) is 7.05 Å². The zero-order valence-corrected chi connectivity index (χ0v) is 11.3. The lowest BCUT2D eigenvalue weighted by atomic mass is 9.68. The Balaban J connectivity index is 2.07. The molecule has 0 fully saturated rings. The van der Waals surface area contributed by atoms with Crippen molar-refractivity contribution in [1.29, 1.82) is 0 Å². The van der Waals surface area contributed by atoms with Crippen LogP contribution in [-0.4, -0.2) is 31.3 Å². The Bertz CT molecular complexity index is 652. The highest BCUT2D eigenvalue weighted by Crippen LogP contribution is 2.39. The largest absolute Gasteiger partial charge is 0.481 e. The molecule has 1 N–H and O–H groups in total. The van der Waals surface area contributed by atoms with E-state index >= 15 is 0 Å². The molecule has 0 aliphatic heterocycles. The number of rotatable bonds is 3. The minimum Gasteiger partial charge on any atom is -0.481 e. The van der Waals surface area contributed by atoms with Crippen molar-refractivity contribution in [1.82, 2.24) is 20.2 Å². The molecule has 104 valence electrons. The van der Waals surface area contributed by atoms with Crippen molar-refractivity contribution in [2.24, 2.45) is 7.05 Å². The molecule has 0 spiro atoms. The van der Waals surface area contributed by atoms with E-state index in [2.05, 4.69) is 15.4 Å². The average Bonchev–Trinajstić information content (AvgIpc) is 2.84. The summed E-state index contributed by atoms with van der Waals surface area (Å²) in [6.07, 6.45) is 2.69. The maximum Gasteiger partial charge on any atom is 0.314 e. The Labute approximate surface area is 116 Å². The van der Waals surface area contributed by atoms with Crippen LogP contribution in [0.15, 0.2) is 24.3 Å². The fourth-order valence-corrected chi connectivity index (χ4v) is 3.07. The summed E-state index contributed by atoms with van der Waals surface area (Å²) in [6, 6.07) is 7.78. The third-order valence-corrected chi connectivity index (χ3v) is 4.00. The number of aryl methyl sites for hydroxylation is 2. The van der Waals surface area contributed by atoms with Gasteiger partial charge in [-0.25, -0.2) is 0 Å². The Hall–Kier alpha value is -2.24. The van der Waals surface area contributed by atoms with Crippen molar-refractivity contribution in [2.75, 3.05) is 0 Å². The first kappa shape index (κ1) is 12.8. The number of aromatic nitrogens is 4. The van der Waals surface area contributed by atoms with Gasteiger partial charge < -0.3 is 5.11 Å². The van der Waals surface area contributed by atoms with Crippen molar-refractivity contribution < 1.29 is 9.90 Å². The Morgan fingerprint density at radius 2 is 2.25 bits per heavy atom. The maximum absolute atomic E-state index is 12.0. The average molecular weight is 272 g/mol. The minimum atomic E-state index is -0.933. The van der Waals surface area contributed by atoms with Crippen molar-refractivity contribution in [3.05, 3.63) is 41.2 Å². The van der Waals surface area contributed by atoms with Crippen LogP contribution in [0.3, 0.4) is 0 Å². The van der Waals surface area contributed by atoms with E-state index in [0.717, 1.165) is 24.0 Å². The summed E-state index contributed by atoms with van der Waals surface area (Å²) < 4.78 is 0. The molecule has 6 nitrogen and oxygen atoms in total. The molecule has 0 saturated carbocycles. The molecule has 0 amide bonds. The zero-order valence-electron chi connectivity index (χ0n) is 11.3. The summed E-state index contributed by atoms with van der Waals surface area (Å²) in [7, 11) is 1.68. The summed E-state index contributed by atoms with van der Waals surface area (Å²) in [5.41, 5.74) is 1.08. The first-order valence-electron chi connectivity index (χ1n) is 6.66. The first-order valence-corrected chi connectivity index (χ1v) is 6.66. The standard InChI is InChI=1S/C14H16N4O2/c1-18-16-12(15-17-18)9-14(13(19)20)8-4-6-10-5-2-3-7-11(10)14/h2-3,5,7H,4,6,8-9H2,1H3,(H,19,20). The lowest BCUT2D eigenvalue weighted by Gasteiger charge is -2.34. The van der Waals surface area contributed by atoms with Crippen LogP contribution in [0.25, 0.3) is 0 Å². The van der Waals surface area contributed by atoms with E-state index in [1.165, 1.54) is 4.80 Å². The number of hydrogen-bond acceptors (Lipinski definition) is 4. The molecule has 0 saturated heterocycles. The monoisotopic (exact) mass is 272 g/mol. The van der Waals surface area contributed by atoms with Gasteiger partial charge in [-0.3, -0.25) is 4.79 Å². The molecule has 1 aromatic carbocycles. The molecule has 0 bridgehead atoms. The molecular formula is C14H16N4O2. The van der Waals surface area contributed by atoms with Gasteiger partial charge in [-0.1, -0.05) is 24.3 Å². The number of carboxylic acid groups (broad SMARTS) is 1. The summed E-state index contributed by atoms with van der Waals surface area (Å²) in [5.74, 6) is -0.330. The number of benzene rings is 1. The highest BCUT2D eigenvalue weighted by atomic mass is 16.4. The topological polar surface area (TPSA) is 80.9 Å². The van der Waals surface area contributed by atoms with Crippen molar-refractivity contribution >= 4 is 5.97 Å². The molecule has 2 aromatic rings. The molecule has 20 heavy (non-hydrogen) atoms. The Kier molecular flexibility index (Phi) is 3.00. The zero-order chi connectivity index (χ0) is 14.2. The molecule has 1 unspecified atom stereocenters. The number of carboxylic acids is 1. The van der Waals surface area contributed by atoms with Gasteiger partial charge in [-0.15, -0.1) is 10.2 Å². The Morgan fingerprint density at radius 1 is 1.45 bits per heavy atom. The second kappa shape index (κ2) is 4.70. The molecule has 0 radical (unpaired) electrons. The van der Waals surface area contributed by atoms with Crippen LogP contribution >= 0.6 is 0 Å². The molecule has 6 heteroatoms. The molecule has 1 heterocycles. The molecule has 3 rings (SSSR count). The lowest BCUT2D eigenvalue weighted by molar-refractivity contribution is -0.144. The number of nitrogens with zero attached hydrogens (tertiary/aromatic N) is 4. The van der Waals surface area contributed by atoms with E-state index in [1.807, 2.05) is 24.3 Å². The van der Waals surface area contributed by atoms with Gasteiger partial charge in [0.2, 0.25) is 0 Å². The van der Waals surface area contributed by atoms with Crippen LogP contribution in [0.1, 0.15) is 29.8 Å². The van der Waals surface area contributed by atoms with Crippen LogP contribution in [0.5, 0.6) is 0 Å². The maximum atomic E-state index is 12.0. The van der Waals surface area contributed by atoms with Gasteiger partial charge in [0.1, 0.15) is 5.41 Å². The van der Waals surface area contributed by atoms with Gasteiger partial charge in [-0.2, -0.15) is 4.80 Å². The third kappa shape index (κ3) is 1.97. The van der Waals surface area contributed by atoms with E-state index in [9.17, 15) is 9.90 Å². The highest BCUT2D eigenvalue weighted by Gasteiger charge is 2.44. The molecule has 1 aromatic heterocycles. The number of aliphatic carboxylic acids is 1. The number of carbonyl (C=O) groups is 1. The second-order valence-electron chi connectivity index (χ2n) is 5.27. The predicted molar refractivity (Wildman–Crippen MR) is 71.2 cm³/mol. The molecule has 1 atom stereocenters. The SMILES string of the molecule is Cn1nnc(CC2(C(=O)O)CCCc3ccccc32)n1. The van der Waals surface area contributed by atoms with Gasteiger partial charge >= 0.3 is 5.97 Å². The normalized spacial score (nSPS) is 21.4. The minimum absolute atomic E-state index is 0.285. The summed E-state index contributed by atoms with van der Waals surface area (Å²) >= 11 is 0. The van der Waals surface area contributed by atoms with Crippen LogP contribution in [0.2, 0.25) is 0 Å². The molecular weight excluding hydrogens is 256 g/mol. The van der Waals surface area contributed by atoms with Crippen LogP contribution in [0, 0.1) is 0 Å². The highest BCUT2D eigenvalue weighted by molar-refractivity contribution is 5.82. The van der Waals surface area contributed by atoms with Crippen molar-refractivity contribution in [2.45, 2.75) is 31.1 Å². The third-order valence-electron chi connectivity index (χ3n) is 4.00. The van der Waals surface area contributed by atoms with Gasteiger partial charge in [0, 0.05) is 6.42 Å². The van der Waals surface area contributed by atoms with Gasteiger partial charge in [0.25, 0.3) is 0 Å². The van der Waals surface area contributed by atoms with Crippen LogP contribution in [-0.2, 0) is 30.1 Å². The van der Waals surface area contributed by atoms with E-state index in [1.54, 1.807) is 7.05 Å². The van der Waals surface area contributed by atoms with E-state index in [-0.39, 0.29) is 6.42 Å². The quantitative estimate of drug-likeness (QED) is 0.905. The predicted octanol–water partition coefficient (Wildman–Crippen LogP) is 1.11. The van der Waals surface area contributed by atoms with Crippen molar-refractivity contribution in [3.63, 3.8) is 0 Å². The van der Waals surface area contributed by atoms with Gasteiger partial charge in [0.15, 0.2) is 5.82 Å². The second-order valence-corrected chi connectivity index (χ2v) is 5.27. The van der Waals surface area contributed by atoms with E-state index in [4.69, 9.17) is 0 Å². The molecule has 1 aliphatic rings. The Morgan fingerprint density at radius 3 is 2.95 bits per heavy atom. The summed E-state index contributed by atoms with van der Waals surface area (Å²) in [6.45, 7) is 0.